The van der Waals surface area contributed by atoms with Gasteiger partial charge >= 0.3 is 0 Å². The van der Waals surface area contributed by atoms with Gasteiger partial charge in [-0.05, 0) is 6.07 Å². The second-order valence-corrected chi connectivity index (χ2v) is 5.43. The summed E-state index contributed by atoms with van der Waals surface area (Å²) in [4.78, 5) is 13.9. The number of benzene rings is 1. The van der Waals surface area contributed by atoms with Crippen LogP contribution in [0.25, 0.3) is 0 Å². The van der Waals surface area contributed by atoms with Gasteiger partial charge in [0.15, 0.2) is 11.5 Å². The number of para-hydroxylation sites is 1. The molecule has 1 aromatic carbocycles. The lowest BCUT2D eigenvalue weighted by atomic mass is 10.1. The van der Waals surface area contributed by atoms with E-state index >= 15 is 0 Å². The van der Waals surface area contributed by atoms with E-state index in [1.165, 1.54) is 0 Å². The summed E-state index contributed by atoms with van der Waals surface area (Å²) in [5.74, 6) is 2.56. The van der Waals surface area contributed by atoms with Crippen molar-refractivity contribution in [3.63, 3.8) is 0 Å². The molecule has 0 bridgehead atoms. The summed E-state index contributed by atoms with van der Waals surface area (Å²) < 4.78 is 10.8. The zero-order valence-corrected chi connectivity index (χ0v) is 12.3. The third-order valence-electron chi connectivity index (χ3n) is 3.21. The van der Waals surface area contributed by atoms with E-state index in [0.717, 1.165) is 23.6 Å². The highest BCUT2D eigenvalue weighted by molar-refractivity contribution is 7.99. The number of carbonyl (C=O) groups excluding carboxylic acids is 1. The number of methoxy groups -OCH3 is 2. The van der Waals surface area contributed by atoms with Crippen LogP contribution in [-0.2, 0) is 4.79 Å². The zero-order chi connectivity index (χ0) is 13.8. The smallest absolute Gasteiger partial charge is 0.223 e. The van der Waals surface area contributed by atoms with E-state index in [-0.39, 0.29) is 11.3 Å². The minimum atomic E-state index is 0.0255. The number of carbonyl (C=O) groups is 1. The van der Waals surface area contributed by atoms with E-state index in [1.54, 1.807) is 26.0 Å². The van der Waals surface area contributed by atoms with Gasteiger partial charge in [0, 0.05) is 24.3 Å². The van der Waals surface area contributed by atoms with Gasteiger partial charge in [-0.2, -0.15) is 0 Å². The molecule has 0 N–H and O–H groups in total. The Bertz CT molecular complexity index is 464. The molecule has 1 atom stereocenters. The van der Waals surface area contributed by atoms with Crippen molar-refractivity contribution >= 4 is 17.7 Å². The fourth-order valence-electron chi connectivity index (χ4n) is 2.29. The molecule has 1 aromatic rings. The van der Waals surface area contributed by atoms with Gasteiger partial charge in [0.25, 0.3) is 0 Å². The van der Waals surface area contributed by atoms with E-state index in [2.05, 4.69) is 0 Å². The fourth-order valence-corrected chi connectivity index (χ4v) is 3.59. The Morgan fingerprint density at radius 1 is 1.42 bits per heavy atom. The van der Waals surface area contributed by atoms with Gasteiger partial charge in [-0.15, -0.1) is 11.8 Å². The largest absolute Gasteiger partial charge is 0.493 e. The van der Waals surface area contributed by atoms with Crippen molar-refractivity contribution in [3.05, 3.63) is 23.8 Å². The Morgan fingerprint density at radius 3 is 2.84 bits per heavy atom. The lowest BCUT2D eigenvalue weighted by Crippen LogP contribution is -2.29. The molecule has 104 valence electrons. The first-order chi connectivity index (χ1) is 9.22. The molecule has 1 aliphatic rings. The minimum Gasteiger partial charge on any atom is -0.493 e. The predicted molar refractivity (Wildman–Crippen MR) is 76.7 cm³/mol. The number of hydrogen-bond acceptors (Lipinski definition) is 4. The summed E-state index contributed by atoms with van der Waals surface area (Å²) >= 11 is 1.77. The zero-order valence-electron chi connectivity index (χ0n) is 11.5. The van der Waals surface area contributed by atoms with Crippen LogP contribution >= 0.6 is 11.8 Å². The first-order valence-electron chi connectivity index (χ1n) is 6.34. The maximum Gasteiger partial charge on any atom is 0.223 e. The van der Waals surface area contributed by atoms with Gasteiger partial charge in [0.05, 0.1) is 14.2 Å². The van der Waals surface area contributed by atoms with Crippen molar-refractivity contribution in [1.29, 1.82) is 0 Å². The Morgan fingerprint density at radius 2 is 2.21 bits per heavy atom. The molecule has 1 aliphatic heterocycles. The van der Waals surface area contributed by atoms with Gasteiger partial charge < -0.3 is 14.4 Å². The van der Waals surface area contributed by atoms with Crippen LogP contribution in [-0.4, -0.2) is 37.3 Å². The lowest BCUT2D eigenvalue weighted by Gasteiger charge is -2.25. The Hall–Kier alpha value is -1.36. The second-order valence-electron chi connectivity index (χ2n) is 4.25. The molecule has 0 aromatic heterocycles. The molecule has 19 heavy (non-hydrogen) atoms. The number of nitrogens with zero attached hydrogens (tertiary/aromatic N) is 1. The standard InChI is InChI=1S/C14H19NO3S/c1-4-12(16)15-8-9-19-14(15)10-6-5-7-11(17-2)13(10)18-3/h5-7,14H,4,8-9H2,1-3H3. The van der Waals surface area contributed by atoms with E-state index in [1.807, 2.05) is 30.0 Å². The summed E-state index contributed by atoms with van der Waals surface area (Å²) in [7, 11) is 3.26. The van der Waals surface area contributed by atoms with Gasteiger partial charge in [0.1, 0.15) is 5.37 Å². The monoisotopic (exact) mass is 281 g/mol. The Labute approximate surface area is 118 Å². The highest BCUT2D eigenvalue weighted by Gasteiger charge is 2.32. The van der Waals surface area contributed by atoms with Gasteiger partial charge in [-0.3, -0.25) is 4.79 Å². The van der Waals surface area contributed by atoms with Crippen molar-refractivity contribution in [3.8, 4) is 11.5 Å². The van der Waals surface area contributed by atoms with Crippen molar-refractivity contribution in [1.82, 2.24) is 4.90 Å². The number of ether oxygens (including phenoxy) is 2. The van der Waals surface area contributed by atoms with E-state index in [9.17, 15) is 4.79 Å². The third-order valence-corrected chi connectivity index (χ3v) is 4.46. The van der Waals surface area contributed by atoms with E-state index in [0.29, 0.717) is 12.2 Å². The number of rotatable bonds is 4. The first-order valence-corrected chi connectivity index (χ1v) is 7.39. The van der Waals surface area contributed by atoms with Crippen molar-refractivity contribution < 1.29 is 14.3 Å². The summed E-state index contributed by atoms with van der Waals surface area (Å²) in [6.07, 6.45) is 0.531. The second kappa shape index (κ2) is 6.19. The maximum absolute atomic E-state index is 12.0. The van der Waals surface area contributed by atoms with Crippen LogP contribution < -0.4 is 9.47 Å². The minimum absolute atomic E-state index is 0.0255. The molecule has 0 radical (unpaired) electrons. The summed E-state index contributed by atoms with van der Waals surface area (Å²) in [5, 5.41) is 0.0255. The van der Waals surface area contributed by atoms with Gasteiger partial charge in [-0.1, -0.05) is 19.1 Å². The van der Waals surface area contributed by atoms with E-state index < -0.39 is 0 Å². The molecular formula is C14H19NO3S. The number of thioether (sulfide) groups is 1. The molecule has 0 saturated carbocycles. The Kier molecular flexibility index (Phi) is 4.58. The lowest BCUT2D eigenvalue weighted by molar-refractivity contribution is -0.131. The van der Waals surface area contributed by atoms with Crippen LogP contribution in [0.15, 0.2) is 18.2 Å². The van der Waals surface area contributed by atoms with Crippen molar-refractivity contribution in [2.45, 2.75) is 18.7 Å². The highest BCUT2D eigenvalue weighted by Crippen LogP contribution is 2.45. The highest BCUT2D eigenvalue weighted by atomic mass is 32.2. The molecule has 1 amide bonds. The molecule has 1 saturated heterocycles. The average molecular weight is 281 g/mol. The molecule has 2 rings (SSSR count). The van der Waals surface area contributed by atoms with Gasteiger partial charge in [-0.25, -0.2) is 0 Å². The summed E-state index contributed by atoms with van der Waals surface area (Å²) in [6, 6.07) is 5.80. The number of hydrogen-bond donors (Lipinski definition) is 0. The fraction of sp³-hybridized carbons (Fsp3) is 0.500. The van der Waals surface area contributed by atoms with Crippen molar-refractivity contribution in [2.24, 2.45) is 0 Å². The molecule has 0 aliphatic carbocycles. The predicted octanol–water partition coefficient (Wildman–Crippen LogP) is 2.69. The quantitative estimate of drug-likeness (QED) is 0.850. The molecule has 1 heterocycles. The van der Waals surface area contributed by atoms with Crippen molar-refractivity contribution in [2.75, 3.05) is 26.5 Å². The molecule has 1 fully saturated rings. The SMILES string of the molecule is CCC(=O)N1CCSC1c1cccc(OC)c1OC. The van der Waals surface area contributed by atoms with Crippen LogP contribution in [0.1, 0.15) is 24.3 Å². The van der Waals surface area contributed by atoms with Crippen LogP contribution in [0.5, 0.6) is 11.5 Å². The van der Waals surface area contributed by atoms with Crippen LogP contribution in [0, 0.1) is 0 Å². The van der Waals surface area contributed by atoms with E-state index in [4.69, 9.17) is 9.47 Å². The molecular weight excluding hydrogens is 262 g/mol. The molecule has 1 unspecified atom stereocenters. The first kappa shape index (κ1) is 14.1. The van der Waals surface area contributed by atoms with Crippen LogP contribution in [0.4, 0.5) is 0 Å². The topological polar surface area (TPSA) is 38.8 Å². The normalized spacial score (nSPS) is 18.5. The third kappa shape index (κ3) is 2.66. The summed E-state index contributed by atoms with van der Waals surface area (Å²) in [6.45, 7) is 2.69. The summed E-state index contributed by atoms with van der Waals surface area (Å²) in [5.41, 5.74) is 1.01. The average Bonchev–Trinajstić information content (AvgIpc) is 2.94. The molecule has 4 nitrogen and oxygen atoms in total. The number of amides is 1. The molecule has 5 heteroatoms. The van der Waals surface area contributed by atoms with Gasteiger partial charge in [0.2, 0.25) is 5.91 Å². The van der Waals surface area contributed by atoms with Crippen LogP contribution in [0.3, 0.4) is 0 Å². The van der Waals surface area contributed by atoms with Crippen LogP contribution in [0.2, 0.25) is 0 Å². The Balaban J connectivity index is 2.38. The molecule has 0 spiro atoms. The maximum atomic E-state index is 12.0.